The van der Waals surface area contributed by atoms with Crippen molar-refractivity contribution >= 4 is 11.0 Å². The standard InChI is InChI=1S/C23H33NO10/c1-12-6-15(26)14-7-13-8-20(34-31-11-17(28)22(30)21(29)16(27)10-25)23(2,4-5-24-3)33-18(13)9-19(14)32-12/h6-7,9,16-17,20-22,24-25,27-30H,4-5,8,10-11H2,1-3H3/t16-,17+,20-,21-,22-,23+/m1/s1. The number of hydrogen-bond donors (Lipinski definition) is 6. The lowest BCUT2D eigenvalue weighted by atomic mass is 9.86. The van der Waals surface area contributed by atoms with Gasteiger partial charge in [-0.25, -0.2) is 9.78 Å². The predicted molar refractivity (Wildman–Crippen MR) is 120 cm³/mol. The van der Waals surface area contributed by atoms with E-state index in [1.54, 1.807) is 26.1 Å². The van der Waals surface area contributed by atoms with Crippen molar-refractivity contribution in [2.75, 3.05) is 26.8 Å². The lowest BCUT2D eigenvalue weighted by molar-refractivity contribution is -0.360. The molecule has 0 fully saturated rings. The molecule has 3 rings (SSSR count). The molecule has 0 amide bonds. The Kier molecular flexibility index (Phi) is 8.66. The molecule has 1 aromatic heterocycles. The fourth-order valence-corrected chi connectivity index (χ4v) is 3.91. The lowest BCUT2D eigenvalue weighted by Gasteiger charge is -2.41. The molecule has 6 N–H and O–H groups in total. The zero-order valence-corrected chi connectivity index (χ0v) is 19.4. The van der Waals surface area contributed by atoms with Gasteiger partial charge in [0.2, 0.25) is 0 Å². The van der Waals surface area contributed by atoms with E-state index >= 15 is 0 Å². The first-order valence-corrected chi connectivity index (χ1v) is 11.1. The summed E-state index contributed by atoms with van der Waals surface area (Å²) >= 11 is 0. The van der Waals surface area contributed by atoms with Crippen molar-refractivity contribution in [3.05, 3.63) is 39.7 Å². The number of fused-ring (bicyclic) bond motifs is 2. The molecule has 0 radical (unpaired) electrons. The molecular formula is C23H33NO10. The van der Waals surface area contributed by atoms with Crippen LogP contribution in [0.1, 0.15) is 24.7 Å². The van der Waals surface area contributed by atoms with Gasteiger partial charge in [0, 0.05) is 25.0 Å². The molecular weight excluding hydrogens is 450 g/mol. The third-order valence-electron chi connectivity index (χ3n) is 6.08. The number of aryl methyl sites for hydroxylation is 1. The Balaban J connectivity index is 1.77. The van der Waals surface area contributed by atoms with Gasteiger partial charge in [0.1, 0.15) is 59.8 Å². The average Bonchev–Trinajstić information content (AvgIpc) is 2.80. The van der Waals surface area contributed by atoms with Crippen LogP contribution >= 0.6 is 0 Å². The maximum Gasteiger partial charge on any atom is 0.192 e. The van der Waals surface area contributed by atoms with Crippen molar-refractivity contribution in [3.8, 4) is 5.75 Å². The van der Waals surface area contributed by atoms with Gasteiger partial charge in [-0.3, -0.25) is 4.79 Å². The number of aliphatic hydroxyl groups excluding tert-OH is 5. The fraction of sp³-hybridized carbons (Fsp3) is 0.609. The number of rotatable bonds is 11. The highest BCUT2D eigenvalue weighted by Gasteiger charge is 2.43. The van der Waals surface area contributed by atoms with Crippen LogP contribution in [0.4, 0.5) is 0 Å². The van der Waals surface area contributed by atoms with E-state index in [2.05, 4.69) is 5.32 Å². The van der Waals surface area contributed by atoms with Crippen molar-refractivity contribution < 1.29 is 44.5 Å². The van der Waals surface area contributed by atoms with Gasteiger partial charge in [0.25, 0.3) is 0 Å². The van der Waals surface area contributed by atoms with E-state index in [0.717, 1.165) is 5.56 Å². The van der Waals surface area contributed by atoms with Crippen LogP contribution < -0.4 is 15.5 Å². The van der Waals surface area contributed by atoms with Crippen LogP contribution in [0.2, 0.25) is 0 Å². The van der Waals surface area contributed by atoms with Gasteiger partial charge in [0.05, 0.1) is 12.0 Å². The smallest absolute Gasteiger partial charge is 0.192 e. The second-order valence-electron chi connectivity index (χ2n) is 8.82. The Labute approximate surface area is 196 Å². The summed E-state index contributed by atoms with van der Waals surface area (Å²) in [5.74, 6) is 1.06. The monoisotopic (exact) mass is 483 g/mol. The van der Waals surface area contributed by atoms with Crippen LogP contribution in [0, 0.1) is 6.92 Å². The zero-order chi connectivity index (χ0) is 25.0. The topological polar surface area (TPSA) is 171 Å². The Bertz CT molecular complexity index is 1030. The molecule has 2 heterocycles. The van der Waals surface area contributed by atoms with Gasteiger partial charge >= 0.3 is 0 Å². The summed E-state index contributed by atoms with van der Waals surface area (Å²) in [6.45, 7) is 2.87. The minimum atomic E-state index is -1.77. The summed E-state index contributed by atoms with van der Waals surface area (Å²) < 4.78 is 12.0. The molecule has 0 spiro atoms. The second-order valence-corrected chi connectivity index (χ2v) is 8.82. The Hall–Kier alpha value is -2.09. The molecule has 0 unspecified atom stereocenters. The second kappa shape index (κ2) is 11.1. The van der Waals surface area contributed by atoms with E-state index in [-0.39, 0.29) is 5.43 Å². The first-order chi connectivity index (χ1) is 16.1. The average molecular weight is 484 g/mol. The molecule has 6 atom stereocenters. The van der Waals surface area contributed by atoms with E-state index in [1.165, 1.54) is 6.07 Å². The normalized spacial score (nSPS) is 23.7. The highest BCUT2D eigenvalue weighted by Crippen LogP contribution is 2.38. The third-order valence-corrected chi connectivity index (χ3v) is 6.08. The van der Waals surface area contributed by atoms with Gasteiger partial charge < -0.3 is 40.0 Å². The summed E-state index contributed by atoms with van der Waals surface area (Å²) in [5, 5.41) is 51.6. The van der Waals surface area contributed by atoms with Gasteiger partial charge in [-0.05, 0) is 39.1 Å². The maximum absolute atomic E-state index is 12.4. The summed E-state index contributed by atoms with van der Waals surface area (Å²) in [7, 11) is 1.81. The molecule has 11 nitrogen and oxygen atoms in total. The summed E-state index contributed by atoms with van der Waals surface area (Å²) in [4.78, 5) is 23.2. The van der Waals surface area contributed by atoms with Crippen LogP contribution in [0.15, 0.2) is 27.4 Å². The Morgan fingerprint density at radius 2 is 1.88 bits per heavy atom. The molecule has 11 heteroatoms. The largest absolute Gasteiger partial charge is 0.484 e. The number of nitrogens with one attached hydrogen (secondary N) is 1. The first kappa shape index (κ1) is 26.5. The van der Waals surface area contributed by atoms with Crippen LogP contribution in [-0.4, -0.2) is 88.5 Å². The van der Waals surface area contributed by atoms with Crippen molar-refractivity contribution in [2.45, 2.75) is 62.8 Å². The van der Waals surface area contributed by atoms with Crippen molar-refractivity contribution in [1.29, 1.82) is 0 Å². The summed E-state index contributed by atoms with van der Waals surface area (Å²) in [5.41, 5.74) is 0.140. The van der Waals surface area contributed by atoms with E-state index in [9.17, 15) is 25.2 Å². The molecule has 1 aliphatic heterocycles. The minimum Gasteiger partial charge on any atom is -0.484 e. The van der Waals surface area contributed by atoms with Crippen LogP contribution in [0.5, 0.6) is 5.75 Å². The van der Waals surface area contributed by atoms with Crippen molar-refractivity contribution in [2.24, 2.45) is 0 Å². The van der Waals surface area contributed by atoms with Crippen molar-refractivity contribution in [1.82, 2.24) is 5.32 Å². The molecule has 0 saturated carbocycles. The molecule has 1 aliphatic rings. The molecule has 0 aliphatic carbocycles. The number of ether oxygens (including phenoxy) is 1. The van der Waals surface area contributed by atoms with E-state index in [0.29, 0.717) is 41.9 Å². The summed E-state index contributed by atoms with van der Waals surface area (Å²) in [6, 6.07) is 4.82. The molecule has 1 aromatic carbocycles. The van der Waals surface area contributed by atoms with Gasteiger partial charge in [0.15, 0.2) is 5.43 Å². The van der Waals surface area contributed by atoms with E-state index in [1.807, 2.05) is 6.92 Å². The van der Waals surface area contributed by atoms with Crippen LogP contribution in [0.25, 0.3) is 11.0 Å². The minimum absolute atomic E-state index is 0.167. The molecule has 190 valence electrons. The Morgan fingerprint density at radius 1 is 1.18 bits per heavy atom. The maximum atomic E-state index is 12.4. The number of hydrogen-bond acceptors (Lipinski definition) is 11. The quantitative estimate of drug-likeness (QED) is 0.174. The van der Waals surface area contributed by atoms with Gasteiger partial charge in [-0.1, -0.05) is 0 Å². The fourth-order valence-electron chi connectivity index (χ4n) is 3.91. The van der Waals surface area contributed by atoms with Crippen LogP contribution in [-0.2, 0) is 16.2 Å². The number of aliphatic hydroxyl groups is 5. The first-order valence-electron chi connectivity index (χ1n) is 11.1. The van der Waals surface area contributed by atoms with E-state index in [4.69, 9.17) is 24.0 Å². The molecule has 0 bridgehead atoms. The molecule has 34 heavy (non-hydrogen) atoms. The lowest BCUT2D eigenvalue weighted by Crippen LogP contribution is -2.52. The molecule has 0 saturated heterocycles. The predicted octanol–water partition coefficient (Wildman–Crippen LogP) is -0.843. The Morgan fingerprint density at radius 3 is 2.56 bits per heavy atom. The van der Waals surface area contributed by atoms with Gasteiger partial charge in [-0.15, -0.1) is 0 Å². The highest BCUT2D eigenvalue weighted by molar-refractivity contribution is 5.79. The highest BCUT2D eigenvalue weighted by atomic mass is 17.2. The van der Waals surface area contributed by atoms with E-state index < -0.39 is 49.3 Å². The molecule has 2 aromatic rings. The zero-order valence-electron chi connectivity index (χ0n) is 19.4. The third kappa shape index (κ3) is 5.75. The van der Waals surface area contributed by atoms with Crippen LogP contribution in [0.3, 0.4) is 0 Å². The number of benzene rings is 1. The van der Waals surface area contributed by atoms with Crippen molar-refractivity contribution in [3.63, 3.8) is 0 Å². The summed E-state index contributed by atoms with van der Waals surface area (Å²) in [6.07, 6.45) is -6.50. The van der Waals surface area contributed by atoms with Gasteiger partial charge in [-0.2, -0.15) is 0 Å². The SMILES string of the molecule is CNCC[C@]1(C)Oc2cc3oc(C)cc(=O)c3cc2C[C@H]1OOC[C@H](O)[C@@H](O)[C@H](O)[C@H](O)CO.